The monoisotopic (exact) mass is 456 g/mol. The van der Waals surface area contributed by atoms with Crippen molar-refractivity contribution in [2.45, 2.75) is 57.3 Å². The molecule has 1 heterocycles. The number of nitrogens with zero attached hydrogens (tertiary/aromatic N) is 1. The van der Waals surface area contributed by atoms with Crippen molar-refractivity contribution in [3.05, 3.63) is 35.4 Å². The number of aliphatic hydroxyl groups is 1. The summed E-state index contributed by atoms with van der Waals surface area (Å²) in [4.78, 5) is 24.1. The first-order chi connectivity index (χ1) is 15.0. The number of nitrogens with one attached hydrogen (secondary N) is 1. The minimum atomic E-state index is -5.08. The number of carboxylic acids is 1. The Morgan fingerprint density at radius 3 is 2.31 bits per heavy atom. The summed E-state index contributed by atoms with van der Waals surface area (Å²) in [6.45, 7) is 7.92. The fraction of sp³-hybridized carbons (Fsp3) is 0.652. The molecule has 3 N–H and O–H groups in total. The molecule has 4 rings (SSSR count). The molecule has 1 saturated heterocycles. The third-order valence-corrected chi connectivity index (χ3v) is 6.89. The summed E-state index contributed by atoms with van der Waals surface area (Å²) in [6, 6.07) is 8.78. The van der Waals surface area contributed by atoms with Crippen LogP contribution in [-0.4, -0.2) is 58.9 Å². The Kier molecular flexibility index (Phi) is 7.50. The zero-order valence-electron chi connectivity index (χ0n) is 18.3. The second-order valence-corrected chi connectivity index (χ2v) is 9.24. The molecule has 0 spiro atoms. The highest BCUT2D eigenvalue weighted by molar-refractivity contribution is 5.80. The third kappa shape index (κ3) is 5.43. The number of aliphatic carboxylic acids is 1. The van der Waals surface area contributed by atoms with Gasteiger partial charge < -0.3 is 20.4 Å². The van der Waals surface area contributed by atoms with Crippen LogP contribution in [-0.2, 0) is 9.59 Å². The molecule has 1 unspecified atom stereocenters. The van der Waals surface area contributed by atoms with Gasteiger partial charge in [-0.1, -0.05) is 44.5 Å². The molecule has 9 heteroatoms. The first-order valence-corrected chi connectivity index (χ1v) is 11.1. The van der Waals surface area contributed by atoms with Gasteiger partial charge in [0, 0.05) is 37.4 Å². The van der Waals surface area contributed by atoms with Gasteiger partial charge in [0.1, 0.15) is 0 Å². The summed E-state index contributed by atoms with van der Waals surface area (Å²) in [5, 5.41) is 20.0. The lowest BCUT2D eigenvalue weighted by Crippen LogP contribution is -2.43. The van der Waals surface area contributed by atoms with Gasteiger partial charge in [-0.25, -0.2) is 4.79 Å². The van der Waals surface area contributed by atoms with Crippen LogP contribution in [0.3, 0.4) is 0 Å². The standard InChI is InChI=1S/C21H30N2O2.C2HF3O2/c1-3-13(2)10-23-11-18-16-6-4-5-7-17(16)20(19(18)12-23)22-21(25)14-8-15(24)9-14;3-2(4,5)1(6)7/h4-7,13-15,18-20,24H,3,8-12H2,1-2H3,(H,22,25);(H,6,7)/t13?,14?,15?,18-,19-,20+;/m0./s1. The van der Waals surface area contributed by atoms with Crippen LogP contribution in [0, 0.1) is 17.8 Å². The lowest BCUT2D eigenvalue weighted by Gasteiger charge is -2.32. The summed E-state index contributed by atoms with van der Waals surface area (Å²) in [6.07, 6.45) is -2.91. The van der Waals surface area contributed by atoms with Crippen LogP contribution in [0.2, 0.25) is 0 Å². The number of carbonyl (C=O) groups excluding carboxylic acids is 1. The Morgan fingerprint density at radius 2 is 1.78 bits per heavy atom. The molecular formula is C23H31F3N2O4. The molecule has 2 aliphatic carbocycles. The molecule has 1 aromatic carbocycles. The van der Waals surface area contributed by atoms with E-state index in [9.17, 15) is 23.1 Å². The van der Waals surface area contributed by atoms with E-state index in [0.717, 1.165) is 25.6 Å². The summed E-state index contributed by atoms with van der Waals surface area (Å²) < 4.78 is 31.7. The Morgan fingerprint density at radius 1 is 1.19 bits per heavy atom. The third-order valence-electron chi connectivity index (χ3n) is 6.89. The maximum absolute atomic E-state index is 12.6. The zero-order valence-corrected chi connectivity index (χ0v) is 18.3. The van der Waals surface area contributed by atoms with E-state index in [2.05, 4.69) is 48.3 Å². The Bertz CT molecular complexity index is 826. The molecule has 2 fully saturated rings. The first-order valence-electron chi connectivity index (χ1n) is 11.1. The number of fused-ring (bicyclic) bond motifs is 3. The fourth-order valence-electron chi connectivity index (χ4n) is 4.92. The van der Waals surface area contributed by atoms with Gasteiger partial charge in [-0.05, 0) is 29.9 Å². The number of hydrogen-bond acceptors (Lipinski definition) is 4. The number of rotatable bonds is 5. The Hall–Kier alpha value is -2.13. The van der Waals surface area contributed by atoms with Crippen LogP contribution < -0.4 is 5.32 Å². The average Bonchev–Trinajstić information content (AvgIpc) is 3.23. The minimum Gasteiger partial charge on any atom is -0.475 e. The molecule has 32 heavy (non-hydrogen) atoms. The number of benzene rings is 1. The average molecular weight is 457 g/mol. The smallest absolute Gasteiger partial charge is 0.475 e. The predicted octanol–water partition coefficient (Wildman–Crippen LogP) is 3.32. The van der Waals surface area contributed by atoms with Gasteiger partial charge in [-0.3, -0.25) is 4.79 Å². The number of amides is 1. The molecule has 3 aliphatic rings. The number of hydrogen-bond donors (Lipinski definition) is 3. The van der Waals surface area contributed by atoms with E-state index in [-0.39, 0.29) is 24.0 Å². The van der Waals surface area contributed by atoms with Crippen molar-refractivity contribution in [3.63, 3.8) is 0 Å². The van der Waals surface area contributed by atoms with Crippen molar-refractivity contribution in [1.82, 2.24) is 10.2 Å². The van der Waals surface area contributed by atoms with Gasteiger partial charge in [0.15, 0.2) is 0 Å². The second-order valence-electron chi connectivity index (χ2n) is 9.24. The minimum absolute atomic E-state index is 0.00108. The van der Waals surface area contributed by atoms with Crippen molar-refractivity contribution >= 4 is 11.9 Å². The highest BCUT2D eigenvalue weighted by Crippen LogP contribution is 2.49. The summed E-state index contributed by atoms with van der Waals surface area (Å²) in [7, 11) is 0. The lowest BCUT2D eigenvalue weighted by molar-refractivity contribution is -0.192. The largest absolute Gasteiger partial charge is 0.490 e. The quantitative estimate of drug-likeness (QED) is 0.633. The number of aliphatic hydroxyl groups excluding tert-OH is 1. The molecule has 0 aromatic heterocycles. The van der Waals surface area contributed by atoms with E-state index in [1.54, 1.807) is 0 Å². The van der Waals surface area contributed by atoms with Crippen molar-refractivity contribution in [2.75, 3.05) is 19.6 Å². The summed E-state index contributed by atoms with van der Waals surface area (Å²) in [5.41, 5.74) is 2.74. The fourth-order valence-corrected chi connectivity index (χ4v) is 4.92. The maximum atomic E-state index is 12.6. The topological polar surface area (TPSA) is 89.9 Å². The van der Waals surface area contributed by atoms with Crippen molar-refractivity contribution in [2.24, 2.45) is 17.8 Å². The Balaban J connectivity index is 0.000000360. The van der Waals surface area contributed by atoms with Crippen LogP contribution in [0.1, 0.15) is 56.2 Å². The van der Waals surface area contributed by atoms with Gasteiger partial charge in [0.25, 0.3) is 0 Å². The predicted molar refractivity (Wildman–Crippen MR) is 112 cm³/mol. The summed E-state index contributed by atoms with van der Waals surface area (Å²) in [5.74, 6) is -0.885. The molecule has 6 nitrogen and oxygen atoms in total. The van der Waals surface area contributed by atoms with Gasteiger partial charge in [0.05, 0.1) is 12.1 Å². The van der Waals surface area contributed by atoms with Gasteiger partial charge in [-0.15, -0.1) is 0 Å². The number of carbonyl (C=O) groups is 2. The molecule has 1 aliphatic heterocycles. The first kappa shape index (κ1) is 24.5. The van der Waals surface area contributed by atoms with Crippen molar-refractivity contribution in [1.29, 1.82) is 0 Å². The normalized spacial score (nSPS) is 29.8. The van der Waals surface area contributed by atoms with E-state index in [0.29, 0.717) is 24.7 Å². The van der Waals surface area contributed by atoms with Crippen molar-refractivity contribution in [3.8, 4) is 0 Å². The van der Waals surface area contributed by atoms with Crippen LogP contribution in [0.15, 0.2) is 24.3 Å². The zero-order chi connectivity index (χ0) is 23.6. The van der Waals surface area contributed by atoms with Crippen LogP contribution in [0.25, 0.3) is 0 Å². The number of alkyl halides is 3. The summed E-state index contributed by atoms with van der Waals surface area (Å²) >= 11 is 0. The second kappa shape index (κ2) is 9.79. The molecule has 1 aromatic rings. The highest BCUT2D eigenvalue weighted by Gasteiger charge is 2.47. The molecule has 178 valence electrons. The van der Waals surface area contributed by atoms with Gasteiger partial charge in [0.2, 0.25) is 5.91 Å². The van der Waals surface area contributed by atoms with Gasteiger partial charge in [-0.2, -0.15) is 13.2 Å². The molecule has 0 bridgehead atoms. The Labute approximate surface area is 185 Å². The van der Waals surface area contributed by atoms with E-state index >= 15 is 0 Å². The molecule has 4 atom stereocenters. The lowest BCUT2D eigenvalue weighted by atomic mass is 9.81. The van der Waals surface area contributed by atoms with E-state index in [1.807, 2.05) is 0 Å². The number of halogens is 3. The molecular weight excluding hydrogens is 425 g/mol. The molecule has 1 amide bonds. The SMILES string of the molecule is CCC(C)CN1C[C@@H]2[C@H](NC(=O)C3CC(O)C3)c3ccccc3[C@@H]2C1.O=C(O)C(F)(F)F. The number of likely N-dealkylation sites (tertiary alicyclic amines) is 1. The molecule has 0 radical (unpaired) electrons. The molecule has 1 saturated carbocycles. The van der Waals surface area contributed by atoms with E-state index in [4.69, 9.17) is 9.90 Å². The van der Waals surface area contributed by atoms with E-state index < -0.39 is 12.1 Å². The van der Waals surface area contributed by atoms with E-state index in [1.165, 1.54) is 17.5 Å². The maximum Gasteiger partial charge on any atom is 0.490 e. The van der Waals surface area contributed by atoms with Crippen molar-refractivity contribution < 1.29 is 33.0 Å². The van der Waals surface area contributed by atoms with Gasteiger partial charge >= 0.3 is 12.1 Å². The van der Waals surface area contributed by atoms with Crippen LogP contribution in [0.4, 0.5) is 13.2 Å². The van der Waals surface area contributed by atoms with Crippen LogP contribution in [0.5, 0.6) is 0 Å². The highest BCUT2D eigenvalue weighted by atomic mass is 19.4. The number of carboxylic acid groups (broad SMARTS) is 1. The van der Waals surface area contributed by atoms with Crippen LogP contribution >= 0.6 is 0 Å².